The summed E-state index contributed by atoms with van der Waals surface area (Å²) in [5, 5.41) is 8.73. The number of carbonyl (C=O) groups is 1. The van der Waals surface area contributed by atoms with Crippen molar-refractivity contribution in [2.24, 2.45) is 11.8 Å². The summed E-state index contributed by atoms with van der Waals surface area (Å²) in [6, 6.07) is 0. The van der Waals surface area contributed by atoms with Gasteiger partial charge in [-0.3, -0.25) is 4.79 Å². The minimum Gasteiger partial charge on any atom is -0.481 e. The van der Waals surface area contributed by atoms with Gasteiger partial charge in [-0.1, -0.05) is 0 Å². The smallest absolute Gasteiger partial charge is 0.411 e. The third kappa shape index (κ3) is 4.83. The minimum atomic E-state index is -4.28. The van der Waals surface area contributed by atoms with Gasteiger partial charge in [0.25, 0.3) is 0 Å². The first-order chi connectivity index (χ1) is 7.38. The molecule has 1 aliphatic carbocycles. The molecule has 1 aliphatic rings. The van der Waals surface area contributed by atoms with Gasteiger partial charge < -0.3 is 9.84 Å². The van der Waals surface area contributed by atoms with Crippen LogP contribution >= 0.6 is 0 Å². The summed E-state index contributed by atoms with van der Waals surface area (Å²) in [5.41, 5.74) is 0. The second-order valence-electron chi connectivity index (χ2n) is 4.19. The van der Waals surface area contributed by atoms with Crippen LogP contribution in [-0.4, -0.2) is 30.5 Å². The third-order valence-corrected chi connectivity index (χ3v) is 2.82. The van der Waals surface area contributed by atoms with Gasteiger partial charge >= 0.3 is 12.1 Å². The van der Waals surface area contributed by atoms with E-state index in [0.29, 0.717) is 25.7 Å². The molecule has 0 spiro atoms. The molecule has 0 aromatic heterocycles. The van der Waals surface area contributed by atoms with Gasteiger partial charge in [-0.2, -0.15) is 13.2 Å². The summed E-state index contributed by atoms with van der Waals surface area (Å²) in [5.74, 6) is -1.08. The fraction of sp³-hybridized carbons (Fsp3) is 0.900. The zero-order valence-corrected chi connectivity index (χ0v) is 8.79. The first kappa shape index (κ1) is 13.3. The molecule has 0 heterocycles. The van der Waals surface area contributed by atoms with Gasteiger partial charge in [0.05, 0.1) is 5.92 Å². The Kier molecular flexibility index (Phi) is 4.58. The number of carboxylic acid groups (broad SMARTS) is 1. The molecule has 1 rings (SSSR count). The monoisotopic (exact) mass is 240 g/mol. The van der Waals surface area contributed by atoms with E-state index in [-0.39, 0.29) is 18.4 Å². The molecule has 0 unspecified atom stereocenters. The molecule has 0 aromatic carbocycles. The number of rotatable bonds is 4. The van der Waals surface area contributed by atoms with E-state index in [4.69, 9.17) is 5.11 Å². The Morgan fingerprint density at radius 2 is 1.81 bits per heavy atom. The van der Waals surface area contributed by atoms with Crippen LogP contribution in [0.25, 0.3) is 0 Å². The van der Waals surface area contributed by atoms with Crippen molar-refractivity contribution in [3.63, 3.8) is 0 Å². The maximum Gasteiger partial charge on any atom is 0.411 e. The number of alkyl halides is 3. The average molecular weight is 240 g/mol. The lowest BCUT2D eigenvalue weighted by molar-refractivity contribution is -0.177. The summed E-state index contributed by atoms with van der Waals surface area (Å²) < 4.78 is 39.9. The van der Waals surface area contributed by atoms with E-state index < -0.39 is 18.8 Å². The van der Waals surface area contributed by atoms with Gasteiger partial charge in [-0.15, -0.1) is 0 Å². The van der Waals surface area contributed by atoms with Crippen LogP contribution < -0.4 is 0 Å². The number of hydrogen-bond acceptors (Lipinski definition) is 2. The molecule has 6 heteroatoms. The van der Waals surface area contributed by atoms with E-state index in [2.05, 4.69) is 4.74 Å². The summed E-state index contributed by atoms with van der Waals surface area (Å²) in [4.78, 5) is 10.6. The van der Waals surface area contributed by atoms with Crippen LogP contribution in [0.2, 0.25) is 0 Å². The van der Waals surface area contributed by atoms with Crippen molar-refractivity contribution in [1.82, 2.24) is 0 Å². The predicted octanol–water partition coefficient (Wildman–Crippen LogP) is 2.46. The lowest BCUT2D eigenvalue weighted by atomic mass is 9.82. The lowest BCUT2D eigenvalue weighted by Gasteiger charge is -2.25. The van der Waals surface area contributed by atoms with Gasteiger partial charge in [0.1, 0.15) is 6.61 Å². The minimum absolute atomic E-state index is 0.0675. The largest absolute Gasteiger partial charge is 0.481 e. The Labute approximate surface area is 91.6 Å². The highest BCUT2D eigenvalue weighted by molar-refractivity contribution is 5.69. The Morgan fingerprint density at radius 1 is 1.25 bits per heavy atom. The first-order valence-corrected chi connectivity index (χ1v) is 5.26. The Hall–Kier alpha value is -0.780. The molecule has 1 saturated carbocycles. The van der Waals surface area contributed by atoms with Crippen LogP contribution in [-0.2, 0) is 9.53 Å². The average Bonchev–Trinajstić information content (AvgIpc) is 2.16. The van der Waals surface area contributed by atoms with Crippen molar-refractivity contribution < 1.29 is 27.8 Å². The standard InChI is InChI=1S/C10H15F3O3/c11-10(12,13)6-16-5-7-1-3-8(4-2-7)9(14)15/h7-8H,1-6H2,(H,14,15). The van der Waals surface area contributed by atoms with E-state index in [0.717, 1.165) is 0 Å². The summed E-state index contributed by atoms with van der Waals surface area (Å²) in [6.07, 6.45) is -1.94. The molecule has 0 radical (unpaired) electrons. The molecule has 0 bridgehead atoms. The van der Waals surface area contributed by atoms with Crippen LogP contribution in [0.1, 0.15) is 25.7 Å². The van der Waals surface area contributed by atoms with E-state index in [1.54, 1.807) is 0 Å². The van der Waals surface area contributed by atoms with Crippen LogP contribution in [0, 0.1) is 11.8 Å². The highest BCUT2D eigenvalue weighted by Crippen LogP contribution is 2.29. The van der Waals surface area contributed by atoms with Crippen molar-refractivity contribution >= 4 is 5.97 Å². The normalized spacial score (nSPS) is 26.7. The van der Waals surface area contributed by atoms with Gasteiger partial charge in [0.15, 0.2) is 0 Å². The molecule has 1 fully saturated rings. The fourth-order valence-electron chi connectivity index (χ4n) is 1.92. The number of carboxylic acids is 1. The maximum atomic E-state index is 11.8. The molecular formula is C10H15F3O3. The van der Waals surface area contributed by atoms with Crippen LogP contribution in [0.3, 0.4) is 0 Å². The second kappa shape index (κ2) is 5.52. The van der Waals surface area contributed by atoms with Gasteiger partial charge in [0.2, 0.25) is 0 Å². The summed E-state index contributed by atoms with van der Waals surface area (Å²) in [6.45, 7) is -1.14. The zero-order valence-electron chi connectivity index (χ0n) is 8.79. The van der Waals surface area contributed by atoms with Crippen molar-refractivity contribution in [3.05, 3.63) is 0 Å². The van der Waals surface area contributed by atoms with E-state index in [1.165, 1.54) is 0 Å². The number of ether oxygens (including phenoxy) is 1. The molecule has 0 saturated heterocycles. The van der Waals surface area contributed by atoms with Crippen LogP contribution in [0.5, 0.6) is 0 Å². The van der Waals surface area contributed by atoms with E-state index in [1.807, 2.05) is 0 Å². The van der Waals surface area contributed by atoms with Gasteiger partial charge in [-0.25, -0.2) is 0 Å². The number of aliphatic carboxylic acids is 1. The molecule has 0 aliphatic heterocycles. The number of halogens is 3. The fourth-order valence-corrected chi connectivity index (χ4v) is 1.92. The maximum absolute atomic E-state index is 11.8. The van der Waals surface area contributed by atoms with Gasteiger partial charge in [-0.05, 0) is 31.6 Å². The second-order valence-corrected chi connectivity index (χ2v) is 4.19. The van der Waals surface area contributed by atoms with Crippen molar-refractivity contribution in [3.8, 4) is 0 Å². The first-order valence-electron chi connectivity index (χ1n) is 5.26. The molecule has 3 nitrogen and oxygen atoms in total. The Morgan fingerprint density at radius 3 is 2.25 bits per heavy atom. The number of hydrogen-bond donors (Lipinski definition) is 1. The Balaban J connectivity index is 2.15. The highest BCUT2D eigenvalue weighted by Gasteiger charge is 2.29. The zero-order chi connectivity index (χ0) is 12.2. The summed E-state index contributed by atoms with van der Waals surface area (Å²) in [7, 11) is 0. The molecule has 0 amide bonds. The third-order valence-electron chi connectivity index (χ3n) is 2.82. The predicted molar refractivity (Wildman–Crippen MR) is 50.0 cm³/mol. The molecule has 94 valence electrons. The lowest BCUT2D eigenvalue weighted by Crippen LogP contribution is -2.25. The SMILES string of the molecule is O=C(O)C1CCC(COCC(F)(F)F)CC1. The van der Waals surface area contributed by atoms with E-state index >= 15 is 0 Å². The molecular weight excluding hydrogens is 225 g/mol. The van der Waals surface area contributed by atoms with Crippen molar-refractivity contribution in [1.29, 1.82) is 0 Å². The van der Waals surface area contributed by atoms with E-state index in [9.17, 15) is 18.0 Å². The molecule has 16 heavy (non-hydrogen) atoms. The van der Waals surface area contributed by atoms with Crippen molar-refractivity contribution in [2.75, 3.05) is 13.2 Å². The quantitative estimate of drug-likeness (QED) is 0.821. The Bertz CT molecular complexity index is 232. The highest BCUT2D eigenvalue weighted by atomic mass is 19.4. The van der Waals surface area contributed by atoms with Crippen LogP contribution in [0.4, 0.5) is 13.2 Å². The molecule has 0 aromatic rings. The van der Waals surface area contributed by atoms with Crippen molar-refractivity contribution in [2.45, 2.75) is 31.9 Å². The van der Waals surface area contributed by atoms with Gasteiger partial charge in [0, 0.05) is 6.61 Å². The topological polar surface area (TPSA) is 46.5 Å². The summed E-state index contributed by atoms with van der Waals surface area (Å²) >= 11 is 0. The molecule has 1 N–H and O–H groups in total. The van der Waals surface area contributed by atoms with Crippen LogP contribution in [0.15, 0.2) is 0 Å². The molecule has 0 atom stereocenters.